The van der Waals surface area contributed by atoms with Gasteiger partial charge in [-0.25, -0.2) is 9.59 Å². The summed E-state index contributed by atoms with van der Waals surface area (Å²) in [5, 5.41) is 20.3. The quantitative estimate of drug-likeness (QED) is 0.614. The third kappa shape index (κ3) is 4.00. The second-order valence-electron chi connectivity index (χ2n) is 7.77. The predicted octanol–water partition coefficient (Wildman–Crippen LogP) is 2.46. The Morgan fingerprint density at radius 1 is 1.25 bits per heavy atom. The number of β-amino-alcohol motifs (C(OH)–C–C–N with tert-alkyl or cyclic N) is 1. The molecule has 0 aliphatic carbocycles. The Balaban J connectivity index is 2.06. The Morgan fingerprint density at radius 3 is 2.54 bits per heavy atom. The Hall–Kier alpha value is -2.14. The van der Waals surface area contributed by atoms with E-state index in [4.69, 9.17) is 4.74 Å². The third-order valence-corrected chi connectivity index (χ3v) is 5.16. The van der Waals surface area contributed by atoms with Crippen molar-refractivity contribution in [3.05, 3.63) is 43.8 Å². The first kappa shape index (κ1) is 20.6. The van der Waals surface area contributed by atoms with E-state index in [0.29, 0.717) is 5.52 Å². The lowest BCUT2D eigenvalue weighted by Gasteiger charge is -2.24. The minimum atomic E-state index is -1.34. The van der Waals surface area contributed by atoms with Crippen LogP contribution in [0.1, 0.15) is 37.2 Å². The molecule has 1 amide bonds. The number of rotatable bonds is 2. The second-order valence-corrected chi connectivity index (χ2v) is 9.01. The number of pyridine rings is 1. The summed E-state index contributed by atoms with van der Waals surface area (Å²) in [7, 11) is 0. The molecule has 8 nitrogen and oxygen atoms in total. The molecule has 1 fully saturated rings. The summed E-state index contributed by atoms with van der Waals surface area (Å²) in [5.41, 5.74) is -1.12. The summed E-state index contributed by atoms with van der Waals surface area (Å²) >= 11 is 2.05. The van der Waals surface area contributed by atoms with Crippen LogP contribution in [0.25, 0.3) is 10.9 Å². The maximum atomic E-state index is 12.6. The fourth-order valence-electron chi connectivity index (χ4n) is 3.27. The molecule has 1 aliphatic heterocycles. The minimum Gasteiger partial charge on any atom is -0.477 e. The zero-order valence-corrected chi connectivity index (χ0v) is 17.8. The van der Waals surface area contributed by atoms with Crippen molar-refractivity contribution >= 4 is 45.6 Å². The van der Waals surface area contributed by atoms with Crippen LogP contribution in [0.15, 0.2) is 29.2 Å². The SMILES string of the molecule is CC(C)(C)OC(=O)N1CC(O)C(n2cc(C(=O)O)c(=O)c3cc(I)ccc32)C1. The first-order chi connectivity index (χ1) is 13.0. The molecule has 150 valence electrons. The molecule has 2 aromatic rings. The number of likely N-dealkylation sites (tertiary alicyclic amines) is 1. The van der Waals surface area contributed by atoms with Crippen LogP contribution in [0.5, 0.6) is 0 Å². The van der Waals surface area contributed by atoms with E-state index in [1.54, 1.807) is 43.5 Å². The summed E-state index contributed by atoms with van der Waals surface area (Å²) in [6, 6.07) is 4.53. The van der Waals surface area contributed by atoms with E-state index < -0.39 is 35.2 Å². The Bertz CT molecular complexity index is 1010. The van der Waals surface area contributed by atoms with E-state index in [2.05, 4.69) is 0 Å². The van der Waals surface area contributed by atoms with Crippen molar-refractivity contribution in [2.24, 2.45) is 0 Å². The summed E-state index contributed by atoms with van der Waals surface area (Å²) in [4.78, 5) is 37.9. The van der Waals surface area contributed by atoms with Gasteiger partial charge in [0.15, 0.2) is 0 Å². The number of benzene rings is 1. The van der Waals surface area contributed by atoms with Crippen molar-refractivity contribution in [2.75, 3.05) is 13.1 Å². The lowest BCUT2D eigenvalue weighted by atomic mass is 10.1. The number of aromatic carboxylic acids is 1. The smallest absolute Gasteiger partial charge is 0.410 e. The number of ether oxygens (including phenoxy) is 1. The summed E-state index contributed by atoms with van der Waals surface area (Å²) in [6.45, 7) is 5.46. The van der Waals surface area contributed by atoms with E-state index >= 15 is 0 Å². The second kappa shape index (κ2) is 7.36. The van der Waals surface area contributed by atoms with Gasteiger partial charge < -0.3 is 24.4 Å². The van der Waals surface area contributed by atoms with Crippen molar-refractivity contribution in [2.45, 2.75) is 38.5 Å². The molecular formula is C19H21IN2O6. The third-order valence-electron chi connectivity index (χ3n) is 4.49. The molecule has 0 saturated carbocycles. The van der Waals surface area contributed by atoms with Gasteiger partial charge in [-0.15, -0.1) is 0 Å². The van der Waals surface area contributed by atoms with Gasteiger partial charge in [0.2, 0.25) is 5.43 Å². The minimum absolute atomic E-state index is 0.0555. The number of hydrogen-bond acceptors (Lipinski definition) is 5. The molecule has 2 heterocycles. The molecule has 0 spiro atoms. The number of aliphatic hydroxyl groups is 1. The molecule has 2 N–H and O–H groups in total. The molecule has 2 unspecified atom stereocenters. The van der Waals surface area contributed by atoms with E-state index in [1.807, 2.05) is 22.6 Å². The van der Waals surface area contributed by atoms with Gasteiger partial charge in [0.05, 0.1) is 24.2 Å². The highest BCUT2D eigenvalue weighted by atomic mass is 127. The zero-order valence-electron chi connectivity index (χ0n) is 15.7. The van der Waals surface area contributed by atoms with E-state index in [-0.39, 0.29) is 24.0 Å². The fraction of sp³-hybridized carbons (Fsp3) is 0.421. The standard InChI is InChI=1S/C19H21IN2O6/c1-19(2,3)28-18(27)21-8-14(15(23)9-21)22-7-12(17(25)26)16(24)11-6-10(20)4-5-13(11)22/h4-7,14-15,23H,8-9H2,1-3H3,(H,25,26). The van der Waals surface area contributed by atoms with Crippen molar-refractivity contribution in [3.8, 4) is 0 Å². The van der Waals surface area contributed by atoms with Gasteiger partial charge in [-0.3, -0.25) is 4.79 Å². The van der Waals surface area contributed by atoms with Crippen LogP contribution in [0.2, 0.25) is 0 Å². The molecule has 2 atom stereocenters. The summed E-state index contributed by atoms with van der Waals surface area (Å²) in [6.07, 6.45) is -0.238. The fourth-order valence-corrected chi connectivity index (χ4v) is 3.76. The number of carboxylic acid groups (broad SMARTS) is 1. The largest absolute Gasteiger partial charge is 0.477 e. The average Bonchev–Trinajstić information content (AvgIpc) is 2.96. The number of fused-ring (bicyclic) bond motifs is 1. The number of halogens is 1. The highest BCUT2D eigenvalue weighted by Gasteiger charge is 2.38. The van der Waals surface area contributed by atoms with Crippen LogP contribution in [-0.2, 0) is 4.74 Å². The van der Waals surface area contributed by atoms with Crippen LogP contribution in [0.3, 0.4) is 0 Å². The van der Waals surface area contributed by atoms with Gasteiger partial charge in [0.25, 0.3) is 0 Å². The molecule has 1 saturated heterocycles. The lowest BCUT2D eigenvalue weighted by molar-refractivity contribution is 0.0269. The van der Waals surface area contributed by atoms with E-state index in [0.717, 1.165) is 3.57 Å². The topological polar surface area (TPSA) is 109 Å². The van der Waals surface area contributed by atoms with E-state index in [9.17, 15) is 24.6 Å². The molecule has 1 aromatic heterocycles. The number of nitrogens with zero attached hydrogens (tertiary/aromatic N) is 2. The maximum Gasteiger partial charge on any atom is 0.410 e. The van der Waals surface area contributed by atoms with Gasteiger partial charge in [0.1, 0.15) is 11.2 Å². The van der Waals surface area contributed by atoms with Crippen LogP contribution >= 0.6 is 22.6 Å². The van der Waals surface area contributed by atoms with Crippen molar-refractivity contribution in [1.82, 2.24) is 9.47 Å². The highest BCUT2D eigenvalue weighted by molar-refractivity contribution is 14.1. The molecule has 1 aromatic carbocycles. The van der Waals surface area contributed by atoms with Crippen LogP contribution in [-0.4, -0.2) is 56.5 Å². The number of carboxylic acids is 1. The Morgan fingerprint density at radius 2 is 1.93 bits per heavy atom. The van der Waals surface area contributed by atoms with Crippen molar-refractivity contribution in [1.29, 1.82) is 0 Å². The van der Waals surface area contributed by atoms with Crippen LogP contribution < -0.4 is 5.43 Å². The number of carbonyl (C=O) groups is 2. The molecule has 9 heteroatoms. The monoisotopic (exact) mass is 500 g/mol. The number of amides is 1. The van der Waals surface area contributed by atoms with E-state index in [1.165, 1.54) is 11.1 Å². The first-order valence-corrected chi connectivity index (χ1v) is 9.79. The molecule has 28 heavy (non-hydrogen) atoms. The number of aromatic nitrogens is 1. The number of aliphatic hydroxyl groups excluding tert-OH is 1. The molecule has 1 aliphatic rings. The Labute approximate surface area is 174 Å². The van der Waals surface area contributed by atoms with Crippen LogP contribution in [0, 0.1) is 3.57 Å². The first-order valence-electron chi connectivity index (χ1n) is 8.71. The van der Waals surface area contributed by atoms with Gasteiger partial charge in [-0.05, 0) is 61.6 Å². The van der Waals surface area contributed by atoms with Gasteiger partial charge in [-0.1, -0.05) is 0 Å². The lowest BCUT2D eigenvalue weighted by Crippen LogP contribution is -2.36. The van der Waals surface area contributed by atoms with Gasteiger partial charge in [0, 0.05) is 21.7 Å². The average molecular weight is 500 g/mol. The highest BCUT2D eigenvalue weighted by Crippen LogP contribution is 2.28. The van der Waals surface area contributed by atoms with Crippen molar-refractivity contribution in [3.63, 3.8) is 0 Å². The van der Waals surface area contributed by atoms with Crippen LogP contribution in [0.4, 0.5) is 4.79 Å². The Kier molecular flexibility index (Phi) is 5.41. The van der Waals surface area contributed by atoms with Crippen molar-refractivity contribution < 1.29 is 24.5 Å². The summed E-state index contributed by atoms with van der Waals surface area (Å²) < 4.78 is 7.73. The maximum absolute atomic E-state index is 12.6. The molecular weight excluding hydrogens is 479 g/mol. The number of hydrogen-bond donors (Lipinski definition) is 2. The molecule has 3 rings (SSSR count). The summed E-state index contributed by atoms with van der Waals surface area (Å²) in [5.74, 6) is -1.34. The molecule has 0 radical (unpaired) electrons. The molecule has 0 bridgehead atoms. The van der Waals surface area contributed by atoms with Gasteiger partial charge >= 0.3 is 12.1 Å². The van der Waals surface area contributed by atoms with Gasteiger partial charge in [-0.2, -0.15) is 0 Å². The number of carbonyl (C=O) groups excluding carboxylic acids is 1. The normalized spacial score (nSPS) is 19.8. The predicted molar refractivity (Wildman–Crippen MR) is 111 cm³/mol. The zero-order chi connectivity index (χ0) is 20.8.